The minimum Gasteiger partial charge on any atom is -0.355 e. The Morgan fingerprint density at radius 2 is 1.59 bits per heavy atom. The van der Waals surface area contributed by atoms with Gasteiger partial charge in [-0.25, -0.2) is 9.18 Å². The average molecular weight is 691 g/mol. The summed E-state index contributed by atoms with van der Waals surface area (Å²) in [6.07, 6.45) is 3.00. The number of hydrogen-bond acceptors (Lipinski definition) is 7. The molecule has 3 amide bonds. The van der Waals surface area contributed by atoms with Crippen LogP contribution in [0.1, 0.15) is 75.0 Å². The Morgan fingerprint density at radius 1 is 0.980 bits per heavy atom. The maximum Gasteiger partial charge on any atom is 0.348 e. The summed E-state index contributed by atoms with van der Waals surface area (Å²) < 4.78 is 15.1. The number of halogens is 1. The van der Waals surface area contributed by atoms with E-state index in [1.54, 1.807) is 31.1 Å². The first-order valence-electron chi connectivity index (χ1n) is 17.2. The molecule has 262 valence electrons. The van der Waals surface area contributed by atoms with Crippen LogP contribution < -0.4 is 21.6 Å². The van der Waals surface area contributed by atoms with Gasteiger partial charge in [-0.1, -0.05) is 12.1 Å². The van der Waals surface area contributed by atoms with Gasteiger partial charge >= 0.3 is 5.69 Å². The molecule has 2 heterocycles. The second-order valence-corrected chi connectivity index (χ2v) is 13.7. The molecule has 4 atom stereocenters. The first-order chi connectivity index (χ1) is 24.6. The van der Waals surface area contributed by atoms with Crippen LogP contribution in [0.25, 0.3) is 5.69 Å². The fourth-order valence-electron chi connectivity index (χ4n) is 8.08. The van der Waals surface area contributed by atoms with Gasteiger partial charge in [-0.05, 0) is 116 Å². The predicted octanol–water partition coefficient (Wildman–Crippen LogP) is 2.73. The molecule has 3 aliphatic rings. The molecule has 0 spiro atoms. The number of piperidine rings is 1. The summed E-state index contributed by atoms with van der Waals surface area (Å²) in [5, 5.41) is 23.3. The molecule has 0 bridgehead atoms. The molecule has 2 aliphatic carbocycles. The quantitative estimate of drug-likeness (QED) is 0.210. The third kappa shape index (κ3) is 5.99. The Balaban J connectivity index is 1.38. The van der Waals surface area contributed by atoms with Gasteiger partial charge < -0.3 is 20.9 Å². The molecule has 1 saturated carbocycles. The Bertz CT molecular complexity index is 2070. The molecule has 2 fully saturated rings. The fourth-order valence-corrected chi connectivity index (χ4v) is 8.08. The standard InChI is InChI=1S/C38H39FN8O4/c1-21(43-20-33(48)46-29(19-40)16-26-17-32(26)46)18-38(36-44-37(51)47(45-36)28-10-8-27(39)9-11-28)30-12-6-24(34(49)41-2)14-22(30)4-5-23-15-25(35(50)42-3)7-13-31(23)38/h6-15,21,26,29,32,43H,4-5,16-18,20H2,1-3H3,(H,41,49)(H,42,50)(H,44,45,51)/t21-,26+,29?,32-/m0/s1. The summed E-state index contributed by atoms with van der Waals surface area (Å²) in [6.45, 7) is 1.97. The molecular formula is C38H39FN8O4. The molecule has 0 radical (unpaired) electrons. The number of H-pyrrole nitrogens is 1. The highest BCUT2D eigenvalue weighted by Crippen LogP contribution is 2.48. The van der Waals surface area contributed by atoms with E-state index >= 15 is 0 Å². The van der Waals surface area contributed by atoms with Crippen molar-refractivity contribution in [1.29, 1.82) is 5.26 Å². The van der Waals surface area contributed by atoms with Crippen molar-refractivity contribution in [2.24, 2.45) is 5.92 Å². The molecule has 12 nitrogen and oxygen atoms in total. The number of fused-ring (bicyclic) bond motifs is 3. The van der Waals surface area contributed by atoms with Gasteiger partial charge in [0.25, 0.3) is 11.8 Å². The largest absolute Gasteiger partial charge is 0.355 e. The van der Waals surface area contributed by atoms with Crippen LogP contribution >= 0.6 is 0 Å². The van der Waals surface area contributed by atoms with Crippen molar-refractivity contribution in [2.45, 2.75) is 62.6 Å². The van der Waals surface area contributed by atoms with Crippen LogP contribution in [0.4, 0.5) is 4.39 Å². The number of hydrogen-bond donors (Lipinski definition) is 4. The van der Waals surface area contributed by atoms with Gasteiger partial charge in [0.05, 0.1) is 23.7 Å². The highest BCUT2D eigenvalue weighted by molar-refractivity contribution is 5.95. The maximum atomic E-state index is 13.9. The summed E-state index contributed by atoms with van der Waals surface area (Å²) in [4.78, 5) is 57.5. The second-order valence-electron chi connectivity index (χ2n) is 13.7. The highest BCUT2D eigenvalue weighted by atomic mass is 19.1. The molecule has 1 aromatic heterocycles. The number of nitrogens with one attached hydrogen (secondary N) is 4. The van der Waals surface area contributed by atoms with Crippen LogP contribution in [-0.4, -0.2) is 76.2 Å². The van der Waals surface area contributed by atoms with Crippen LogP contribution in [0.5, 0.6) is 0 Å². The van der Waals surface area contributed by atoms with Crippen molar-refractivity contribution in [3.63, 3.8) is 0 Å². The van der Waals surface area contributed by atoms with Gasteiger partial charge in [0.15, 0.2) is 0 Å². The zero-order chi connectivity index (χ0) is 36.0. The number of likely N-dealkylation sites (tertiary alicyclic amines) is 1. The van der Waals surface area contributed by atoms with Crippen LogP contribution in [0.15, 0.2) is 65.5 Å². The monoisotopic (exact) mass is 690 g/mol. The minimum absolute atomic E-state index is 0.0180. The lowest BCUT2D eigenvalue weighted by atomic mass is 9.67. The van der Waals surface area contributed by atoms with E-state index in [0.717, 1.165) is 28.7 Å². The number of aromatic amines is 1. The number of aryl methyl sites for hydroxylation is 2. The third-order valence-electron chi connectivity index (χ3n) is 10.6. The Hall–Kier alpha value is -5.61. The number of carbonyl (C=O) groups is 3. The van der Waals surface area contributed by atoms with Crippen molar-refractivity contribution in [1.82, 2.24) is 35.6 Å². The third-order valence-corrected chi connectivity index (χ3v) is 10.6. The van der Waals surface area contributed by atoms with Gasteiger partial charge in [0.2, 0.25) is 5.91 Å². The summed E-state index contributed by atoms with van der Waals surface area (Å²) in [5.41, 5.74) is 2.99. The molecule has 1 unspecified atom stereocenters. The van der Waals surface area contributed by atoms with E-state index < -0.39 is 23.0 Å². The number of aromatic nitrogens is 3. The average Bonchev–Trinajstić information content (AvgIpc) is 3.68. The van der Waals surface area contributed by atoms with E-state index in [1.807, 2.05) is 31.2 Å². The van der Waals surface area contributed by atoms with Gasteiger partial charge in [-0.2, -0.15) is 9.94 Å². The number of rotatable bonds is 9. The molecule has 7 rings (SSSR count). The number of amides is 3. The Kier molecular flexibility index (Phi) is 8.81. The molecule has 1 saturated heterocycles. The van der Waals surface area contributed by atoms with Crippen LogP contribution in [0.3, 0.4) is 0 Å². The maximum absolute atomic E-state index is 13.9. The molecule has 4 N–H and O–H groups in total. The highest BCUT2D eigenvalue weighted by Gasteiger charge is 2.54. The van der Waals surface area contributed by atoms with Gasteiger partial charge in [-0.15, -0.1) is 5.10 Å². The predicted molar refractivity (Wildman–Crippen MR) is 186 cm³/mol. The molecule has 4 aromatic rings. The van der Waals surface area contributed by atoms with Crippen LogP contribution in [0, 0.1) is 23.1 Å². The first kappa shape index (κ1) is 33.9. The van der Waals surface area contributed by atoms with Crippen molar-refractivity contribution < 1.29 is 18.8 Å². The Morgan fingerprint density at radius 3 is 2.16 bits per heavy atom. The van der Waals surface area contributed by atoms with E-state index in [9.17, 15) is 28.8 Å². The molecule has 13 heteroatoms. The first-order valence-corrected chi connectivity index (χ1v) is 17.2. The number of carbonyl (C=O) groups excluding carboxylic acids is 3. The minimum atomic E-state index is -1.14. The van der Waals surface area contributed by atoms with Gasteiger partial charge in [0.1, 0.15) is 17.7 Å². The van der Waals surface area contributed by atoms with E-state index in [1.165, 1.54) is 28.9 Å². The van der Waals surface area contributed by atoms with Crippen molar-refractivity contribution in [3.05, 3.63) is 116 Å². The van der Waals surface area contributed by atoms with Gasteiger partial charge in [0, 0.05) is 37.3 Å². The molecular weight excluding hydrogens is 651 g/mol. The second kappa shape index (κ2) is 13.3. The van der Waals surface area contributed by atoms with E-state index in [2.05, 4.69) is 27.0 Å². The Labute approximate surface area is 294 Å². The van der Waals surface area contributed by atoms with Crippen molar-refractivity contribution in [2.75, 3.05) is 20.6 Å². The van der Waals surface area contributed by atoms with E-state index in [-0.39, 0.29) is 36.3 Å². The summed E-state index contributed by atoms with van der Waals surface area (Å²) in [7, 11) is 3.14. The number of nitrogens with zero attached hydrogens (tertiary/aromatic N) is 4. The zero-order valence-corrected chi connectivity index (χ0v) is 28.6. The fraction of sp³-hybridized carbons (Fsp3) is 0.368. The van der Waals surface area contributed by atoms with E-state index in [4.69, 9.17) is 5.10 Å². The molecule has 51 heavy (non-hydrogen) atoms. The normalized spacial score (nSPS) is 20.2. The van der Waals surface area contributed by atoms with Crippen LogP contribution in [-0.2, 0) is 23.1 Å². The van der Waals surface area contributed by atoms with Crippen molar-refractivity contribution in [3.8, 4) is 11.8 Å². The van der Waals surface area contributed by atoms with Crippen molar-refractivity contribution >= 4 is 17.7 Å². The lowest BCUT2D eigenvalue weighted by molar-refractivity contribution is -0.131. The lowest BCUT2D eigenvalue weighted by Crippen LogP contribution is -2.46. The topological polar surface area (TPSA) is 165 Å². The lowest BCUT2D eigenvalue weighted by Gasteiger charge is -2.37. The van der Waals surface area contributed by atoms with Gasteiger partial charge in [-0.3, -0.25) is 19.4 Å². The molecule has 1 aliphatic heterocycles. The van der Waals surface area contributed by atoms with E-state index in [0.29, 0.717) is 54.2 Å². The summed E-state index contributed by atoms with van der Waals surface area (Å²) in [5.74, 6) is -0.368. The SMILES string of the molecule is CNC(=O)c1ccc2c(c1)CCc1cc(C(=O)NC)ccc1C2(C[C@H](C)NCC(=O)N1C(C#N)C[C@@H]2C[C@@H]21)c1nn(-c2ccc(F)cc2)c(=O)[nH]1. The number of benzene rings is 3. The summed E-state index contributed by atoms with van der Waals surface area (Å²) in [6, 6.07) is 18.1. The zero-order valence-electron chi connectivity index (χ0n) is 28.6. The van der Waals surface area contributed by atoms with Crippen LogP contribution in [0.2, 0.25) is 0 Å². The number of nitriles is 1. The smallest absolute Gasteiger partial charge is 0.348 e. The molecule has 3 aromatic carbocycles. The summed E-state index contributed by atoms with van der Waals surface area (Å²) >= 11 is 0.